The number of fused-ring (bicyclic) bond motifs is 1. The molecule has 1 aromatic heterocycles. The van der Waals surface area contributed by atoms with Gasteiger partial charge in [0.05, 0.1) is 11.9 Å². The summed E-state index contributed by atoms with van der Waals surface area (Å²) in [5.41, 5.74) is 3.00. The molecule has 0 atom stereocenters. The van der Waals surface area contributed by atoms with E-state index < -0.39 is 0 Å². The number of aromatic nitrogens is 2. The van der Waals surface area contributed by atoms with Crippen molar-refractivity contribution in [2.75, 3.05) is 11.9 Å². The van der Waals surface area contributed by atoms with Gasteiger partial charge in [0.15, 0.2) is 6.61 Å². The van der Waals surface area contributed by atoms with Crippen molar-refractivity contribution in [2.24, 2.45) is 0 Å². The standard InChI is InChI=1S/C20H19N3O2/c24-20(14-25-17-5-2-1-3-6-17)22-16-10-8-15(9-11-16)18-13-21-19-7-4-12-23(18)19/h1-3,5-6,8-11,13H,4,7,12,14H2,(H,22,24). The van der Waals surface area contributed by atoms with Crippen LogP contribution in [-0.4, -0.2) is 22.1 Å². The Hall–Kier alpha value is -3.08. The van der Waals surface area contributed by atoms with Gasteiger partial charge in [-0.25, -0.2) is 4.98 Å². The molecule has 2 aromatic carbocycles. The Morgan fingerprint density at radius 1 is 1.12 bits per heavy atom. The predicted octanol–water partition coefficient (Wildman–Crippen LogP) is 3.51. The SMILES string of the molecule is O=C(COc1ccccc1)Nc1ccc(-c2cnc3n2CCC3)cc1. The van der Waals surface area contributed by atoms with Crippen LogP contribution in [0.1, 0.15) is 12.2 Å². The molecule has 5 heteroatoms. The summed E-state index contributed by atoms with van der Waals surface area (Å²) in [6.45, 7) is 1.02. The van der Waals surface area contributed by atoms with E-state index >= 15 is 0 Å². The molecule has 25 heavy (non-hydrogen) atoms. The summed E-state index contributed by atoms with van der Waals surface area (Å²) in [5, 5.41) is 2.85. The number of ether oxygens (including phenoxy) is 1. The maximum Gasteiger partial charge on any atom is 0.262 e. The Kier molecular flexibility index (Phi) is 4.21. The minimum absolute atomic E-state index is 0.0120. The predicted molar refractivity (Wildman–Crippen MR) is 96.6 cm³/mol. The van der Waals surface area contributed by atoms with Gasteiger partial charge in [0.2, 0.25) is 0 Å². The van der Waals surface area contributed by atoms with E-state index in [-0.39, 0.29) is 12.5 Å². The third-order valence-electron chi connectivity index (χ3n) is 4.30. The molecule has 0 saturated carbocycles. The molecule has 1 aliphatic rings. The number of nitrogens with one attached hydrogen (secondary N) is 1. The molecule has 4 rings (SSSR count). The van der Waals surface area contributed by atoms with Gasteiger partial charge in [0, 0.05) is 18.7 Å². The molecule has 0 saturated heterocycles. The van der Waals surface area contributed by atoms with E-state index in [2.05, 4.69) is 14.9 Å². The van der Waals surface area contributed by atoms with Gasteiger partial charge in [-0.2, -0.15) is 0 Å². The Morgan fingerprint density at radius 3 is 2.72 bits per heavy atom. The van der Waals surface area contributed by atoms with Crippen molar-refractivity contribution in [1.82, 2.24) is 9.55 Å². The van der Waals surface area contributed by atoms with Gasteiger partial charge in [0.25, 0.3) is 5.91 Å². The topological polar surface area (TPSA) is 56.1 Å². The van der Waals surface area contributed by atoms with Gasteiger partial charge in [0.1, 0.15) is 11.6 Å². The first-order valence-corrected chi connectivity index (χ1v) is 8.42. The van der Waals surface area contributed by atoms with Crippen LogP contribution >= 0.6 is 0 Å². The molecule has 5 nitrogen and oxygen atoms in total. The summed E-state index contributed by atoms with van der Waals surface area (Å²) in [6.07, 6.45) is 4.14. The highest BCUT2D eigenvalue weighted by molar-refractivity contribution is 5.92. The fourth-order valence-electron chi connectivity index (χ4n) is 3.08. The van der Waals surface area contributed by atoms with Crippen LogP contribution in [0.4, 0.5) is 5.69 Å². The second-order valence-corrected chi connectivity index (χ2v) is 6.04. The maximum atomic E-state index is 12.0. The molecule has 2 heterocycles. The lowest BCUT2D eigenvalue weighted by Crippen LogP contribution is -2.20. The smallest absolute Gasteiger partial charge is 0.262 e. The molecule has 0 fully saturated rings. The highest BCUT2D eigenvalue weighted by atomic mass is 16.5. The zero-order valence-corrected chi connectivity index (χ0v) is 13.8. The number of amides is 1. The van der Waals surface area contributed by atoms with Crippen LogP contribution in [0, 0.1) is 0 Å². The van der Waals surface area contributed by atoms with E-state index in [1.165, 1.54) is 0 Å². The van der Waals surface area contributed by atoms with Crippen LogP contribution < -0.4 is 10.1 Å². The van der Waals surface area contributed by atoms with E-state index in [0.717, 1.165) is 42.2 Å². The van der Waals surface area contributed by atoms with Gasteiger partial charge in [-0.15, -0.1) is 0 Å². The molecule has 0 aliphatic carbocycles. The first-order chi connectivity index (χ1) is 12.3. The van der Waals surface area contributed by atoms with E-state index in [9.17, 15) is 4.79 Å². The second kappa shape index (κ2) is 6.81. The maximum absolute atomic E-state index is 12.0. The molecular formula is C20H19N3O2. The average molecular weight is 333 g/mol. The number of rotatable bonds is 5. The average Bonchev–Trinajstić information content (AvgIpc) is 3.25. The number of hydrogen-bond donors (Lipinski definition) is 1. The van der Waals surface area contributed by atoms with Crippen molar-refractivity contribution < 1.29 is 9.53 Å². The fourth-order valence-corrected chi connectivity index (χ4v) is 3.08. The van der Waals surface area contributed by atoms with Gasteiger partial charge in [-0.3, -0.25) is 4.79 Å². The molecule has 0 spiro atoms. The number of anilines is 1. The van der Waals surface area contributed by atoms with Crippen molar-refractivity contribution >= 4 is 11.6 Å². The number of imidazole rings is 1. The number of hydrogen-bond acceptors (Lipinski definition) is 3. The van der Waals surface area contributed by atoms with Crippen molar-refractivity contribution in [3.63, 3.8) is 0 Å². The molecule has 1 amide bonds. The first-order valence-electron chi connectivity index (χ1n) is 8.42. The Balaban J connectivity index is 1.38. The lowest BCUT2D eigenvalue weighted by atomic mass is 10.1. The van der Waals surface area contributed by atoms with Gasteiger partial charge in [-0.1, -0.05) is 30.3 Å². The molecular weight excluding hydrogens is 314 g/mol. The zero-order chi connectivity index (χ0) is 17.1. The van der Waals surface area contributed by atoms with E-state index in [1.54, 1.807) is 0 Å². The summed E-state index contributed by atoms with van der Waals surface area (Å²) in [6, 6.07) is 17.1. The Morgan fingerprint density at radius 2 is 1.92 bits per heavy atom. The minimum Gasteiger partial charge on any atom is -0.484 e. The van der Waals surface area contributed by atoms with Crippen molar-refractivity contribution in [3.05, 3.63) is 66.6 Å². The first kappa shape index (κ1) is 15.4. The van der Waals surface area contributed by atoms with Crippen LogP contribution in [-0.2, 0) is 17.8 Å². The molecule has 0 bridgehead atoms. The lowest BCUT2D eigenvalue weighted by Gasteiger charge is -2.09. The minimum atomic E-state index is -0.179. The van der Waals surface area contributed by atoms with Crippen molar-refractivity contribution in [1.29, 1.82) is 0 Å². The second-order valence-electron chi connectivity index (χ2n) is 6.04. The number of aryl methyl sites for hydroxylation is 1. The number of carbonyl (C=O) groups excluding carboxylic acids is 1. The van der Waals surface area contributed by atoms with E-state index in [1.807, 2.05) is 60.8 Å². The normalized spacial score (nSPS) is 12.6. The summed E-state index contributed by atoms with van der Waals surface area (Å²) in [4.78, 5) is 16.5. The largest absolute Gasteiger partial charge is 0.484 e. The quantitative estimate of drug-likeness (QED) is 0.777. The van der Waals surface area contributed by atoms with Crippen LogP contribution in [0.5, 0.6) is 5.75 Å². The van der Waals surface area contributed by atoms with Crippen LogP contribution in [0.3, 0.4) is 0 Å². The van der Waals surface area contributed by atoms with Gasteiger partial charge >= 0.3 is 0 Å². The van der Waals surface area contributed by atoms with Gasteiger partial charge in [-0.05, 0) is 36.2 Å². The Bertz CT molecular complexity index is 870. The zero-order valence-electron chi connectivity index (χ0n) is 13.8. The molecule has 3 aromatic rings. The molecule has 1 N–H and O–H groups in total. The summed E-state index contributed by atoms with van der Waals surface area (Å²) >= 11 is 0. The molecule has 0 radical (unpaired) electrons. The number of para-hydroxylation sites is 1. The van der Waals surface area contributed by atoms with E-state index in [0.29, 0.717) is 5.75 Å². The van der Waals surface area contributed by atoms with Crippen molar-refractivity contribution in [3.8, 4) is 17.0 Å². The third-order valence-corrected chi connectivity index (χ3v) is 4.30. The number of benzene rings is 2. The Labute approximate surface area is 146 Å². The highest BCUT2D eigenvalue weighted by Gasteiger charge is 2.16. The number of carbonyl (C=O) groups is 1. The van der Waals surface area contributed by atoms with Crippen LogP contribution in [0.2, 0.25) is 0 Å². The molecule has 126 valence electrons. The molecule has 1 aliphatic heterocycles. The van der Waals surface area contributed by atoms with Crippen molar-refractivity contribution in [2.45, 2.75) is 19.4 Å². The number of nitrogens with zero attached hydrogens (tertiary/aromatic N) is 2. The highest BCUT2D eigenvalue weighted by Crippen LogP contribution is 2.26. The van der Waals surface area contributed by atoms with Crippen LogP contribution in [0.25, 0.3) is 11.3 Å². The van der Waals surface area contributed by atoms with Gasteiger partial charge < -0.3 is 14.6 Å². The third kappa shape index (κ3) is 3.40. The summed E-state index contributed by atoms with van der Waals surface area (Å²) in [5.74, 6) is 1.66. The molecule has 0 unspecified atom stereocenters. The summed E-state index contributed by atoms with van der Waals surface area (Å²) in [7, 11) is 0. The summed E-state index contributed by atoms with van der Waals surface area (Å²) < 4.78 is 7.71. The fraction of sp³-hybridized carbons (Fsp3) is 0.200. The van der Waals surface area contributed by atoms with E-state index in [4.69, 9.17) is 4.74 Å². The monoisotopic (exact) mass is 333 g/mol. The van der Waals surface area contributed by atoms with Crippen LogP contribution in [0.15, 0.2) is 60.8 Å². The lowest BCUT2D eigenvalue weighted by molar-refractivity contribution is -0.118.